The zero-order valence-electron chi connectivity index (χ0n) is 11.3. The molecule has 0 heterocycles. The number of halogens is 2. The second-order valence-electron chi connectivity index (χ2n) is 4.42. The predicted molar refractivity (Wildman–Crippen MR) is 76.3 cm³/mol. The van der Waals surface area contributed by atoms with Gasteiger partial charge in [0.25, 0.3) is 10.0 Å². The average Bonchev–Trinajstić information content (AvgIpc) is 2.49. The van der Waals surface area contributed by atoms with Crippen molar-refractivity contribution in [2.24, 2.45) is 5.73 Å². The van der Waals surface area contributed by atoms with E-state index < -0.39 is 26.6 Å². The van der Waals surface area contributed by atoms with Crippen LogP contribution in [0.4, 0.5) is 14.5 Å². The van der Waals surface area contributed by atoms with Gasteiger partial charge in [-0.05, 0) is 35.9 Å². The Hall–Kier alpha value is -1.99. The third-order valence-electron chi connectivity index (χ3n) is 3.07. The van der Waals surface area contributed by atoms with Crippen molar-refractivity contribution in [2.45, 2.75) is 11.4 Å². The first-order valence-corrected chi connectivity index (χ1v) is 7.53. The standard InChI is InChI=1S/C14H14F2N2O2S/c1-18(12-5-2-10(9-17)3-6-12)21(19,20)14-8-11(15)4-7-13(14)16/h2-8H,9,17H2,1H3. The van der Waals surface area contributed by atoms with Crippen LogP contribution in [0, 0.1) is 11.6 Å². The molecule has 0 aliphatic carbocycles. The lowest BCUT2D eigenvalue weighted by Crippen LogP contribution is -2.27. The molecule has 0 spiro atoms. The van der Waals surface area contributed by atoms with Gasteiger partial charge in [-0.15, -0.1) is 0 Å². The molecular formula is C14H14F2N2O2S. The molecule has 0 amide bonds. The molecule has 0 aromatic heterocycles. The van der Waals surface area contributed by atoms with E-state index in [4.69, 9.17) is 5.73 Å². The molecule has 2 aromatic carbocycles. The number of anilines is 1. The van der Waals surface area contributed by atoms with Crippen molar-refractivity contribution in [1.29, 1.82) is 0 Å². The number of rotatable bonds is 4. The van der Waals surface area contributed by atoms with Crippen LogP contribution in [-0.4, -0.2) is 15.5 Å². The SMILES string of the molecule is CN(c1ccc(CN)cc1)S(=O)(=O)c1cc(F)ccc1F. The summed E-state index contributed by atoms with van der Waals surface area (Å²) >= 11 is 0. The van der Waals surface area contributed by atoms with Gasteiger partial charge in [0.2, 0.25) is 0 Å². The van der Waals surface area contributed by atoms with Crippen molar-refractivity contribution < 1.29 is 17.2 Å². The zero-order chi connectivity index (χ0) is 15.6. The van der Waals surface area contributed by atoms with E-state index in [0.717, 1.165) is 22.0 Å². The summed E-state index contributed by atoms with van der Waals surface area (Å²) in [7, 11) is -2.90. The average molecular weight is 312 g/mol. The van der Waals surface area contributed by atoms with Crippen LogP contribution in [0.25, 0.3) is 0 Å². The smallest absolute Gasteiger partial charge is 0.267 e. The van der Waals surface area contributed by atoms with Gasteiger partial charge in [0.05, 0.1) is 5.69 Å². The number of nitrogens with zero attached hydrogens (tertiary/aromatic N) is 1. The Bertz CT molecular complexity index is 746. The van der Waals surface area contributed by atoms with E-state index in [-0.39, 0.29) is 0 Å². The minimum Gasteiger partial charge on any atom is -0.326 e. The minimum atomic E-state index is -4.18. The highest BCUT2D eigenvalue weighted by Gasteiger charge is 2.25. The summed E-state index contributed by atoms with van der Waals surface area (Å²) in [5, 5.41) is 0. The van der Waals surface area contributed by atoms with Crippen LogP contribution in [0.15, 0.2) is 47.4 Å². The highest BCUT2D eigenvalue weighted by atomic mass is 32.2. The molecule has 0 atom stereocenters. The molecule has 0 fully saturated rings. The fraction of sp³-hybridized carbons (Fsp3) is 0.143. The predicted octanol–water partition coefficient (Wildman–Crippen LogP) is 2.25. The summed E-state index contributed by atoms with van der Waals surface area (Å²) in [6.07, 6.45) is 0. The normalized spacial score (nSPS) is 11.4. The van der Waals surface area contributed by atoms with Crippen molar-refractivity contribution in [1.82, 2.24) is 0 Å². The molecule has 2 aromatic rings. The van der Waals surface area contributed by atoms with E-state index in [9.17, 15) is 17.2 Å². The second kappa shape index (κ2) is 5.79. The van der Waals surface area contributed by atoms with E-state index in [1.807, 2.05) is 0 Å². The largest absolute Gasteiger partial charge is 0.326 e. The molecular weight excluding hydrogens is 298 g/mol. The molecule has 21 heavy (non-hydrogen) atoms. The third kappa shape index (κ3) is 3.03. The van der Waals surface area contributed by atoms with Crippen molar-refractivity contribution in [2.75, 3.05) is 11.4 Å². The first-order chi connectivity index (χ1) is 9.86. The highest BCUT2D eigenvalue weighted by molar-refractivity contribution is 7.92. The number of hydrogen-bond donors (Lipinski definition) is 1. The van der Waals surface area contributed by atoms with Gasteiger partial charge in [-0.2, -0.15) is 0 Å². The first-order valence-electron chi connectivity index (χ1n) is 6.09. The molecule has 7 heteroatoms. The lowest BCUT2D eigenvalue weighted by atomic mass is 10.2. The zero-order valence-corrected chi connectivity index (χ0v) is 12.1. The summed E-state index contributed by atoms with van der Waals surface area (Å²) in [6.45, 7) is 0.329. The summed E-state index contributed by atoms with van der Waals surface area (Å²) in [5.41, 5.74) is 6.63. The van der Waals surface area contributed by atoms with Crippen molar-refractivity contribution in [3.8, 4) is 0 Å². The van der Waals surface area contributed by atoms with Gasteiger partial charge in [0.15, 0.2) is 0 Å². The Labute approximate surface area is 121 Å². The molecule has 0 saturated carbocycles. The molecule has 0 unspecified atom stereocenters. The molecule has 0 aliphatic heterocycles. The summed E-state index contributed by atoms with van der Waals surface area (Å²) in [4.78, 5) is -0.701. The maximum atomic E-state index is 13.7. The Morgan fingerprint density at radius 3 is 2.29 bits per heavy atom. The molecule has 0 saturated heterocycles. The Morgan fingerprint density at radius 2 is 1.71 bits per heavy atom. The van der Waals surface area contributed by atoms with E-state index in [2.05, 4.69) is 0 Å². The van der Waals surface area contributed by atoms with Gasteiger partial charge in [-0.1, -0.05) is 12.1 Å². The molecule has 0 radical (unpaired) electrons. The Balaban J connectivity index is 2.44. The summed E-state index contributed by atoms with van der Waals surface area (Å²) in [6, 6.07) is 8.76. The maximum Gasteiger partial charge on any atom is 0.267 e. The quantitative estimate of drug-likeness (QED) is 0.942. The van der Waals surface area contributed by atoms with Crippen molar-refractivity contribution in [3.05, 3.63) is 59.7 Å². The maximum absolute atomic E-state index is 13.7. The van der Waals surface area contributed by atoms with Gasteiger partial charge in [0.1, 0.15) is 16.5 Å². The van der Waals surface area contributed by atoms with E-state index in [0.29, 0.717) is 18.3 Å². The summed E-state index contributed by atoms with van der Waals surface area (Å²) in [5.74, 6) is -1.82. The van der Waals surface area contributed by atoms with Crippen molar-refractivity contribution >= 4 is 15.7 Å². The first kappa shape index (κ1) is 15.4. The van der Waals surface area contributed by atoms with Gasteiger partial charge in [-0.3, -0.25) is 4.31 Å². The van der Waals surface area contributed by atoms with Crippen LogP contribution in [0.5, 0.6) is 0 Å². The van der Waals surface area contributed by atoms with Gasteiger partial charge < -0.3 is 5.73 Å². The molecule has 4 nitrogen and oxygen atoms in total. The topological polar surface area (TPSA) is 63.4 Å². The lowest BCUT2D eigenvalue weighted by Gasteiger charge is -2.20. The number of sulfonamides is 1. The monoisotopic (exact) mass is 312 g/mol. The fourth-order valence-corrected chi connectivity index (χ4v) is 3.07. The minimum absolute atomic E-state index is 0.329. The van der Waals surface area contributed by atoms with Crippen LogP contribution in [0.2, 0.25) is 0 Å². The molecule has 0 aliphatic rings. The van der Waals surface area contributed by atoms with E-state index in [1.165, 1.54) is 7.05 Å². The van der Waals surface area contributed by atoms with Crippen LogP contribution in [-0.2, 0) is 16.6 Å². The van der Waals surface area contributed by atoms with Crippen LogP contribution >= 0.6 is 0 Å². The molecule has 0 bridgehead atoms. The number of benzene rings is 2. The fourth-order valence-electron chi connectivity index (χ4n) is 1.80. The van der Waals surface area contributed by atoms with E-state index >= 15 is 0 Å². The third-order valence-corrected chi connectivity index (χ3v) is 4.87. The Kier molecular flexibility index (Phi) is 4.24. The van der Waals surface area contributed by atoms with Crippen LogP contribution < -0.4 is 10.0 Å². The van der Waals surface area contributed by atoms with Crippen molar-refractivity contribution in [3.63, 3.8) is 0 Å². The number of hydrogen-bond acceptors (Lipinski definition) is 3. The molecule has 2 rings (SSSR count). The summed E-state index contributed by atoms with van der Waals surface area (Å²) < 4.78 is 52.5. The molecule has 2 N–H and O–H groups in total. The van der Waals surface area contributed by atoms with Gasteiger partial charge in [-0.25, -0.2) is 17.2 Å². The van der Waals surface area contributed by atoms with Crippen LogP contribution in [0.1, 0.15) is 5.56 Å². The van der Waals surface area contributed by atoms with E-state index in [1.54, 1.807) is 24.3 Å². The molecule has 112 valence electrons. The Morgan fingerprint density at radius 1 is 1.10 bits per heavy atom. The van der Waals surface area contributed by atoms with Gasteiger partial charge >= 0.3 is 0 Å². The number of nitrogens with two attached hydrogens (primary N) is 1. The van der Waals surface area contributed by atoms with Gasteiger partial charge in [0, 0.05) is 13.6 Å². The van der Waals surface area contributed by atoms with Crippen LogP contribution in [0.3, 0.4) is 0 Å². The second-order valence-corrected chi connectivity index (χ2v) is 6.36. The highest BCUT2D eigenvalue weighted by Crippen LogP contribution is 2.24. The lowest BCUT2D eigenvalue weighted by molar-refractivity contribution is 0.552.